The molecule has 10 heteroatoms. The first-order chi connectivity index (χ1) is 21.8. The van der Waals surface area contributed by atoms with Gasteiger partial charge in [0.05, 0.1) is 24.7 Å². The van der Waals surface area contributed by atoms with Crippen molar-refractivity contribution >= 4 is 35.4 Å². The number of ketones is 2. The van der Waals surface area contributed by atoms with E-state index < -0.39 is 71.7 Å². The lowest BCUT2D eigenvalue weighted by molar-refractivity contribution is -0.162. The summed E-state index contributed by atoms with van der Waals surface area (Å²) in [7, 11) is 0. The molecule has 0 aliphatic carbocycles. The number of hydrogen-bond acceptors (Lipinski definition) is 10. The molecule has 0 saturated carbocycles. The third kappa shape index (κ3) is 13.5. The second-order valence-electron chi connectivity index (χ2n) is 13.8. The zero-order valence-corrected chi connectivity index (χ0v) is 29.0. The van der Waals surface area contributed by atoms with Crippen LogP contribution in [-0.4, -0.2) is 59.9 Å². The van der Waals surface area contributed by atoms with Gasteiger partial charge in [-0.1, -0.05) is 69.3 Å². The van der Waals surface area contributed by atoms with Gasteiger partial charge in [-0.15, -0.1) is 0 Å². The maximum absolute atomic E-state index is 12.7. The topological polar surface area (TPSA) is 139 Å². The fourth-order valence-electron chi connectivity index (χ4n) is 4.49. The Labute approximate surface area is 277 Å². The van der Waals surface area contributed by atoms with Gasteiger partial charge in [-0.05, 0) is 65.0 Å². The molecule has 0 heterocycles. The van der Waals surface area contributed by atoms with Crippen molar-refractivity contribution in [2.24, 2.45) is 17.8 Å². The number of hydrogen-bond donors (Lipinski definition) is 0. The molecular formula is C37H48O10. The molecule has 0 aliphatic heterocycles. The lowest BCUT2D eigenvalue weighted by atomic mass is 9.92. The summed E-state index contributed by atoms with van der Waals surface area (Å²) in [5.41, 5.74) is 0.929. The molecular weight excluding hydrogens is 604 g/mol. The van der Waals surface area contributed by atoms with Crippen LogP contribution in [0, 0.1) is 17.8 Å². The number of carbonyl (C=O) groups excluding carboxylic acids is 6. The molecule has 0 fully saturated rings. The SMILES string of the molecule is CCC(CC(=O)OC(C)(C)C)C(=O)OCC(=O)c1ccc(-c2ccc(C(=O)COC(=O)C(CC(=O)OC(C)(C)C)C(C)C)cc2)cc1. The van der Waals surface area contributed by atoms with Gasteiger partial charge in [-0.3, -0.25) is 28.8 Å². The van der Waals surface area contributed by atoms with Gasteiger partial charge < -0.3 is 18.9 Å². The minimum Gasteiger partial charge on any atom is -0.460 e. The first-order valence-corrected chi connectivity index (χ1v) is 15.8. The molecule has 47 heavy (non-hydrogen) atoms. The zero-order chi connectivity index (χ0) is 35.5. The summed E-state index contributed by atoms with van der Waals surface area (Å²) in [6, 6.07) is 13.4. The Kier molecular flexibility index (Phi) is 14.0. The van der Waals surface area contributed by atoms with Crippen molar-refractivity contribution in [2.45, 2.75) is 92.8 Å². The summed E-state index contributed by atoms with van der Waals surface area (Å²) in [5.74, 6) is -4.69. The minimum absolute atomic E-state index is 0.126. The van der Waals surface area contributed by atoms with Crippen molar-refractivity contribution in [1.29, 1.82) is 0 Å². The van der Waals surface area contributed by atoms with E-state index in [0.717, 1.165) is 11.1 Å². The van der Waals surface area contributed by atoms with Crippen molar-refractivity contribution in [2.75, 3.05) is 13.2 Å². The van der Waals surface area contributed by atoms with Crippen LogP contribution < -0.4 is 0 Å². The second-order valence-corrected chi connectivity index (χ2v) is 13.8. The van der Waals surface area contributed by atoms with Crippen LogP contribution in [0.15, 0.2) is 48.5 Å². The quantitative estimate of drug-likeness (QED) is 0.118. The average Bonchev–Trinajstić information content (AvgIpc) is 2.98. The van der Waals surface area contributed by atoms with Gasteiger partial charge in [0, 0.05) is 11.1 Å². The van der Waals surface area contributed by atoms with Gasteiger partial charge in [0.1, 0.15) is 11.2 Å². The van der Waals surface area contributed by atoms with E-state index in [9.17, 15) is 28.8 Å². The van der Waals surface area contributed by atoms with Crippen LogP contribution in [0.1, 0.15) is 102 Å². The van der Waals surface area contributed by atoms with Gasteiger partial charge in [-0.2, -0.15) is 0 Å². The van der Waals surface area contributed by atoms with E-state index in [-0.39, 0.29) is 18.8 Å². The van der Waals surface area contributed by atoms with E-state index >= 15 is 0 Å². The van der Waals surface area contributed by atoms with Crippen molar-refractivity contribution in [3.8, 4) is 11.1 Å². The summed E-state index contributed by atoms with van der Waals surface area (Å²) in [4.78, 5) is 74.9. The summed E-state index contributed by atoms with van der Waals surface area (Å²) in [5, 5.41) is 0. The Bertz CT molecular complexity index is 1410. The standard InChI is InChI=1S/C37H48O10/c1-10-24(19-32(40)46-36(4,5)6)34(42)44-21-30(38)27-15-11-25(12-16-27)26-13-17-28(18-14-26)31(39)22-45-35(43)29(23(2)3)20-33(41)47-37(7,8)9/h11-18,23-24,29H,10,19-22H2,1-9H3. The van der Waals surface area contributed by atoms with E-state index in [1.54, 1.807) is 111 Å². The fraction of sp³-hybridized carbons (Fsp3) is 0.514. The third-order valence-electron chi connectivity index (χ3n) is 7.01. The van der Waals surface area contributed by atoms with E-state index in [2.05, 4.69) is 0 Å². The van der Waals surface area contributed by atoms with Gasteiger partial charge in [0.2, 0.25) is 0 Å². The largest absolute Gasteiger partial charge is 0.460 e. The summed E-state index contributed by atoms with van der Waals surface area (Å²) < 4.78 is 21.1. The maximum Gasteiger partial charge on any atom is 0.310 e. The monoisotopic (exact) mass is 652 g/mol. The van der Waals surface area contributed by atoms with Crippen LogP contribution in [0.5, 0.6) is 0 Å². The van der Waals surface area contributed by atoms with Crippen molar-refractivity contribution in [3.63, 3.8) is 0 Å². The summed E-state index contributed by atoms with van der Waals surface area (Å²) >= 11 is 0. The van der Waals surface area contributed by atoms with Crippen LogP contribution in [-0.2, 0) is 38.1 Å². The maximum atomic E-state index is 12.7. The Morgan fingerprint density at radius 2 is 0.979 bits per heavy atom. The lowest BCUT2D eigenvalue weighted by Crippen LogP contribution is -2.31. The second kappa shape index (κ2) is 17.0. The Hall–Kier alpha value is -4.34. The third-order valence-corrected chi connectivity index (χ3v) is 7.01. The van der Waals surface area contributed by atoms with Crippen molar-refractivity contribution in [1.82, 2.24) is 0 Å². The highest BCUT2D eigenvalue weighted by molar-refractivity contribution is 5.99. The summed E-state index contributed by atoms with van der Waals surface area (Å²) in [6.07, 6.45) is 0.103. The predicted octanol–water partition coefficient (Wildman–Crippen LogP) is 6.57. The molecule has 2 aromatic carbocycles. The number of esters is 4. The molecule has 256 valence electrons. The first kappa shape index (κ1) is 38.8. The average molecular weight is 653 g/mol. The molecule has 0 N–H and O–H groups in total. The summed E-state index contributed by atoms with van der Waals surface area (Å²) in [6.45, 7) is 14.9. The van der Waals surface area contributed by atoms with Gasteiger partial charge in [0.25, 0.3) is 0 Å². The molecule has 0 saturated heterocycles. The highest BCUT2D eigenvalue weighted by Crippen LogP contribution is 2.23. The number of Topliss-reactive ketones (excluding diaryl/α,β-unsaturated/α-hetero) is 2. The number of rotatable bonds is 15. The van der Waals surface area contributed by atoms with Crippen LogP contribution >= 0.6 is 0 Å². The lowest BCUT2D eigenvalue weighted by Gasteiger charge is -2.23. The van der Waals surface area contributed by atoms with Crippen LogP contribution in [0.25, 0.3) is 11.1 Å². The minimum atomic E-state index is -0.737. The highest BCUT2D eigenvalue weighted by Gasteiger charge is 2.30. The molecule has 0 aliphatic rings. The van der Waals surface area contributed by atoms with E-state index in [4.69, 9.17) is 18.9 Å². The number of benzene rings is 2. The molecule has 2 unspecified atom stereocenters. The van der Waals surface area contributed by atoms with Crippen LogP contribution in [0.3, 0.4) is 0 Å². The molecule has 0 aromatic heterocycles. The van der Waals surface area contributed by atoms with Crippen molar-refractivity contribution < 1.29 is 47.7 Å². The van der Waals surface area contributed by atoms with Gasteiger partial charge in [-0.25, -0.2) is 0 Å². The van der Waals surface area contributed by atoms with Crippen LogP contribution in [0.2, 0.25) is 0 Å². The van der Waals surface area contributed by atoms with Gasteiger partial charge >= 0.3 is 23.9 Å². The molecule has 2 aromatic rings. The number of carbonyl (C=O) groups is 6. The molecule has 0 spiro atoms. The molecule has 2 atom stereocenters. The molecule has 0 bridgehead atoms. The fourth-order valence-corrected chi connectivity index (χ4v) is 4.49. The molecule has 2 rings (SSSR count). The zero-order valence-electron chi connectivity index (χ0n) is 29.0. The van der Waals surface area contributed by atoms with Gasteiger partial charge in [0.15, 0.2) is 24.8 Å². The highest BCUT2D eigenvalue weighted by atomic mass is 16.6. The Morgan fingerprint density at radius 3 is 1.34 bits per heavy atom. The molecule has 10 nitrogen and oxygen atoms in total. The normalized spacial score (nSPS) is 12.9. The first-order valence-electron chi connectivity index (χ1n) is 15.8. The Morgan fingerprint density at radius 1 is 0.596 bits per heavy atom. The van der Waals surface area contributed by atoms with E-state index in [1.807, 2.05) is 0 Å². The van der Waals surface area contributed by atoms with Crippen molar-refractivity contribution in [3.05, 3.63) is 59.7 Å². The molecule has 0 amide bonds. The van der Waals surface area contributed by atoms with E-state index in [0.29, 0.717) is 17.5 Å². The smallest absolute Gasteiger partial charge is 0.310 e. The predicted molar refractivity (Wildman–Crippen MR) is 175 cm³/mol. The van der Waals surface area contributed by atoms with E-state index in [1.165, 1.54) is 0 Å². The molecule has 0 radical (unpaired) electrons. The number of ether oxygens (including phenoxy) is 4. The Balaban J connectivity index is 1.93. The van der Waals surface area contributed by atoms with Crippen LogP contribution in [0.4, 0.5) is 0 Å².